The van der Waals surface area contributed by atoms with E-state index in [-0.39, 0.29) is 11.3 Å². The highest BCUT2D eigenvalue weighted by atomic mass is 35.5. The summed E-state index contributed by atoms with van der Waals surface area (Å²) in [6.07, 6.45) is 2.44. The molecule has 1 N–H and O–H groups in total. The molecule has 3 aromatic carbocycles. The van der Waals surface area contributed by atoms with Gasteiger partial charge >= 0.3 is 0 Å². The number of nitrogens with one attached hydrogen (secondary N) is 1. The molecule has 9 heteroatoms. The van der Waals surface area contributed by atoms with Gasteiger partial charge in [0.25, 0.3) is 11.6 Å². The Kier molecular flexibility index (Phi) is 7.84. The van der Waals surface area contributed by atoms with Gasteiger partial charge in [-0.05, 0) is 73.5 Å². The second kappa shape index (κ2) is 11.2. The zero-order chi connectivity index (χ0) is 24.8. The second-order valence-corrected chi connectivity index (χ2v) is 8.65. The molecule has 4 rings (SSSR count). The number of nitro groups is 1. The Morgan fingerprint density at radius 2 is 1.74 bits per heavy atom. The third-order valence-electron chi connectivity index (χ3n) is 5.90. The van der Waals surface area contributed by atoms with Gasteiger partial charge in [0.15, 0.2) is 11.5 Å². The van der Waals surface area contributed by atoms with Crippen LogP contribution < -0.4 is 14.8 Å². The van der Waals surface area contributed by atoms with Gasteiger partial charge in [0.2, 0.25) is 0 Å². The summed E-state index contributed by atoms with van der Waals surface area (Å²) in [6, 6.07) is 16.5. The average Bonchev–Trinajstić information content (AvgIpc) is 3.38. The van der Waals surface area contributed by atoms with Crippen LogP contribution in [-0.2, 0) is 0 Å². The van der Waals surface area contributed by atoms with Crippen LogP contribution in [0.15, 0.2) is 60.7 Å². The summed E-state index contributed by atoms with van der Waals surface area (Å²) in [5, 5.41) is 14.9. The number of halogens is 1. The number of amides is 1. The first-order valence-corrected chi connectivity index (χ1v) is 11.7. The highest BCUT2D eigenvalue weighted by Crippen LogP contribution is 2.32. The molecule has 1 aliphatic rings. The number of carbonyl (C=O) groups excluding carboxylic acids is 1. The molecular formula is C26H26ClN3O5. The van der Waals surface area contributed by atoms with Crippen molar-refractivity contribution in [2.24, 2.45) is 0 Å². The molecule has 3 aromatic rings. The van der Waals surface area contributed by atoms with Gasteiger partial charge in [0, 0.05) is 29.4 Å². The molecule has 0 unspecified atom stereocenters. The van der Waals surface area contributed by atoms with Crippen molar-refractivity contribution in [3.63, 3.8) is 0 Å². The molecule has 0 atom stereocenters. The van der Waals surface area contributed by atoms with Crippen LogP contribution in [0.4, 0.5) is 11.4 Å². The molecule has 8 nitrogen and oxygen atoms in total. The van der Waals surface area contributed by atoms with Crippen LogP contribution in [0, 0.1) is 10.1 Å². The van der Waals surface area contributed by atoms with Crippen molar-refractivity contribution in [3.05, 3.63) is 81.4 Å². The van der Waals surface area contributed by atoms with E-state index < -0.39 is 10.8 Å². The summed E-state index contributed by atoms with van der Waals surface area (Å²) in [5.74, 6) is 0.436. The van der Waals surface area contributed by atoms with Gasteiger partial charge < -0.3 is 14.8 Å². The summed E-state index contributed by atoms with van der Waals surface area (Å²) in [5.41, 5.74) is 1.55. The number of rotatable bonds is 9. The molecule has 0 saturated carbocycles. The first kappa shape index (κ1) is 24.5. The van der Waals surface area contributed by atoms with Gasteiger partial charge in [0.05, 0.1) is 12.0 Å². The number of anilines is 1. The van der Waals surface area contributed by atoms with Crippen molar-refractivity contribution in [2.75, 3.05) is 38.7 Å². The number of benzene rings is 3. The van der Waals surface area contributed by atoms with E-state index in [1.165, 1.54) is 32.1 Å². The normalized spacial score (nSPS) is 13.4. The van der Waals surface area contributed by atoms with E-state index in [1.54, 1.807) is 48.5 Å². The Labute approximate surface area is 208 Å². The van der Waals surface area contributed by atoms with E-state index in [1.807, 2.05) is 0 Å². The number of nitro benzene ring substituents is 1. The van der Waals surface area contributed by atoms with Crippen LogP contribution in [0.2, 0.25) is 5.02 Å². The molecule has 1 aliphatic heterocycles. The topological polar surface area (TPSA) is 93.9 Å². The van der Waals surface area contributed by atoms with Gasteiger partial charge in [-0.2, -0.15) is 0 Å². The molecule has 35 heavy (non-hydrogen) atoms. The maximum atomic E-state index is 13.1. The van der Waals surface area contributed by atoms with Gasteiger partial charge in [-0.25, -0.2) is 0 Å². The summed E-state index contributed by atoms with van der Waals surface area (Å²) in [7, 11) is 1.52. The summed E-state index contributed by atoms with van der Waals surface area (Å²) in [6.45, 7) is 3.56. The third-order valence-corrected chi connectivity index (χ3v) is 6.15. The van der Waals surface area contributed by atoms with Gasteiger partial charge in [-0.15, -0.1) is 0 Å². The molecule has 0 spiro atoms. The molecule has 1 amide bonds. The quantitative estimate of drug-likeness (QED) is 0.304. The Bertz CT molecular complexity index is 1210. The third kappa shape index (κ3) is 6.09. The van der Waals surface area contributed by atoms with E-state index in [2.05, 4.69) is 10.2 Å². The maximum absolute atomic E-state index is 13.1. The molecule has 182 valence electrons. The zero-order valence-corrected chi connectivity index (χ0v) is 20.1. The van der Waals surface area contributed by atoms with Crippen LogP contribution >= 0.6 is 11.6 Å². The van der Waals surface area contributed by atoms with Crippen molar-refractivity contribution in [3.8, 4) is 22.6 Å². The van der Waals surface area contributed by atoms with Crippen molar-refractivity contribution in [1.29, 1.82) is 0 Å². The summed E-state index contributed by atoms with van der Waals surface area (Å²) in [4.78, 5) is 26.4. The van der Waals surface area contributed by atoms with E-state index in [0.29, 0.717) is 34.4 Å². The van der Waals surface area contributed by atoms with E-state index in [4.69, 9.17) is 21.1 Å². The summed E-state index contributed by atoms with van der Waals surface area (Å²) >= 11 is 5.96. The fourth-order valence-electron chi connectivity index (χ4n) is 4.05. The van der Waals surface area contributed by atoms with Gasteiger partial charge in [-0.3, -0.25) is 19.8 Å². The van der Waals surface area contributed by atoms with Crippen molar-refractivity contribution in [1.82, 2.24) is 4.90 Å². The first-order chi connectivity index (χ1) is 16.9. The van der Waals surface area contributed by atoms with Crippen LogP contribution in [-0.4, -0.2) is 49.1 Å². The van der Waals surface area contributed by atoms with Crippen LogP contribution in [0.5, 0.6) is 11.5 Å². The van der Waals surface area contributed by atoms with E-state index >= 15 is 0 Å². The smallest absolute Gasteiger partial charge is 0.282 e. The molecule has 1 fully saturated rings. The number of hydrogen-bond acceptors (Lipinski definition) is 6. The van der Waals surface area contributed by atoms with E-state index in [0.717, 1.165) is 25.2 Å². The number of methoxy groups -OCH3 is 1. The number of likely N-dealkylation sites (tertiary alicyclic amines) is 1. The van der Waals surface area contributed by atoms with Crippen LogP contribution in [0.25, 0.3) is 11.1 Å². The zero-order valence-electron chi connectivity index (χ0n) is 19.3. The van der Waals surface area contributed by atoms with Crippen molar-refractivity contribution >= 4 is 28.9 Å². The van der Waals surface area contributed by atoms with E-state index in [9.17, 15) is 14.9 Å². The number of nitrogens with zero attached hydrogens (tertiary/aromatic N) is 2. The highest BCUT2D eigenvalue weighted by molar-refractivity contribution is 6.30. The van der Waals surface area contributed by atoms with Crippen LogP contribution in [0.1, 0.15) is 23.2 Å². The molecule has 1 saturated heterocycles. The Balaban J connectivity index is 1.51. The SMILES string of the molecule is COc1cc(NC(=O)c2cc(-c3ccc(Cl)cc3)ccc2[N+](=O)[O-])ccc1OCCN1CCCC1. The lowest BCUT2D eigenvalue weighted by Crippen LogP contribution is -2.25. The second-order valence-electron chi connectivity index (χ2n) is 8.21. The van der Waals surface area contributed by atoms with Crippen molar-refractivity contribution < 1.29 is 19.2 Å². The number of ether oxygens (including phenoxy) is 2. The maximum Gasteiger partial charge on any atom is 0.282 e. The minimum absolute atomic E-state index is 0.0487. The first-order valence-electron chi connectivity index (χ1n) is 11.3. The predicted molar refractivity (Wildman–Crippen MR) is 136 cm³/mol. The number of hydrogen-bond donors (Lipinski definition) is 1. The lowest BCUT2D eigenvalue weighted by molar-refractivity contribution is -0.385. The Morgan fingerprint density at radius 3 is 2.43 bits per heavy atom. The lowest BCUT2D eigenvalue weighted by Gasteiger charge is -2.17. The fourth-order valence-corrected chi connectivity index (χ4v) is 4.18. The molecule has 0 aromatic heterocycles. The Hall–Kier alpha value is -3.62. The minimum atomic E-state index is -0.600. The predicted octanol–water partition coefficient (Wildman–Crippen LogP) is 5.65. The van der Waals surface area contributed by atoms with Gasteiger partial charge in [-0.1, -0.05) is 23.7 Å². The standard InChI is InChI=1S/C26H26ClN3O5/c1-34-25-17-21(9-11-24(25)35-15-14-29-12-2-3-13-29)28-26(31)22-16-19(6-10-23(22)30(32)33)18-4-7-20(27)8-5-18/h4-11,16-17H,2-3,12-15H2,1H3,(H,28,31). The highest BCUT2D eigenvalue weighted by Gasteiger charge is 2.22. The lowest BCUT2D eigenvalue weighted by atomic mass is 10.0. The molecular weight excluding hydrogens is 470 g/mol. The molecule has 0 bridgehead atoms. The fraction of sp³-hybridized carbons (Fsp3) is 0.269. The largest absolute Gasteiger partial charge is 0.493 e. The van der Waals surface area contributed by atoms with Crippen molar-refractivity contribution in [2.45, 2.75) is 12.8 Å². The molecule has 0 radical (unpaired) electrons. The number of carbonyl (C=O) groups is 1. The molecule has 1 heterocycles. The summed E-state index contributed by atoms with van der Waals surface area (Å²) < 4.78 is 11.3. The Morgan fingerprint density at radius 1 is 1.03 bits per heavy atom. The van der Waals surface area contributed by atoms with Gasteiger partial charge in [0.1, 0.15) is 12.2 Å². The monoisotopic (exact) mass is 495 g/mol. The van der Waals surface area contributed by atoms with Crippen LogP contribution in [0.3, 0.4) is 0 Å². The molecule has 0 aliphatic carbocycles. The average molecular weight is 496 g/mol. The minimum Gasteiger partial charge on any atom is -0.493 e.